The Balaban J connectivity index is 3.15. The minimum Gasteiger partial charge on any atom is -0.373 e. The van der Waals surface area contributed by atoms with E-state index in [1.165, 1.54) is 0 Å². The largest absolute Gasteiger partial charge is 0.373 e. The molecule has 6 heteroatoms. The Bertz CT molecular complexity index is 485. The van der Waals surface area contributed by atoms with Gasteiger partial charge in [-0.05, 0) is 6.92 Å². The molecule has 0 radical (unpaired) electrons. The number of nitrogens with zero attached hydrogens (tertiary/aromatic N) is 4. The minimum absolute atomic E-state index is 0.0441. The number of likely N-dealkylation sites (N-methyl/N-ethyl adjacent to an activating group) is 2. The molecule has 0 aromatic carbocycles. The molecule has 112 valence electrons. The maximum absolute atomic E-state index is 11.8. The lowest BCUT2D eigenvalue weighted by atomic mass is 10.2. The average Bonchev–Trinajstić information content (AvgIpc) is 2.38. The number of rotatable bonds is 5. The van der Waals surface area contributed by atoms with Crippen LogP contribution in [0.4, 0.5) is 11.6 Å². The van der Waals surface area contributed by atoms with Crippen LogP contribution < -0.4 is 10.2 Å². The lowest BCUT2D eigenvalue weighted by molar-refractivity contribution is -0.127. The summed E-state index contributed by atoms with van der Waals surface area (Å²) in [6.45, 7) is 6.37. The van der Waals surface area contributed by atoms with Crippen molar-refractivity contribution in [3.8, 4) is 0 Å². The van der Waals surface area contributed by atoms with Gasteiger partial charge in [0.2, 0.25) is 5.91 Å². The van der Waals surface area contributed by atoms with Crippen molar-refractivity contribution in [3.63, 3.8) is 0 Å². The number of amides is 1. The second-order valence-corrected chi connectivity index (χ2v) is 5.43. The summed E-state index contributed by atoms with van der Waals surface area (Å²) in [6, 6.07) is 0. The molecule has 1 aromatic heterocycles. The molecule has 6 nitrogen and oxygen atoms in total. The van der Waals surface area contributed by atoms with Crippen molar-refractivity contribution in [1.82, 2.24) is 14.9 Å². The Kier molecular flexibility index (Phi) is 5.30. The lowest BCUT2D eigenvalue weighted by Gasteiger charge is -2.23. The highest BCUT2D eigenvalue weighted by molar-refractivity contribution is 5.81. The van der Waals surface area contributed by atoms with E-state index >= 15 is 0 Å². The Morgan fingerprint density at radius 1 is 1.25 bits per heavy atom. The first-order valence-corrected chi connectivity index (χ1v) is 6.75. The van der Waals surface area contributed by atoms with Crippen LogP contribution in [-0.2, 0) is 4.79 Å². The van der Waals surface area contributed by atoms with Crippen molar-refractivity contribution in [3.05, 3.63) is 11.4 Å². The summed E-state index contributed by atoms with van der Waals surface area (Å²) in [5.41, 5.74) is 0.950. The van der Waals surface area contributed by atoms with Crippen molar-refractivity contribution >= 4 is 17.5 Å². The zero-order valence-corrected chi connectivity index (χ0v) is 13.5. The van der Waals surface area contributed by atoms with Gasteiger partial charge in [-0.25, -0.2) is 9.97 Å². The smallest absolute Gasteiger partial charge is 0.241 e. The molecule has 1 N–H and O–H groups in total. The molecular formula is C14H25N5O. The molecule has 0 saturated heterocycles. The number of nitrogens with one attached hydrogen (secondary N) is 1. The number of carbonyl (C=O) groups excluding carboxylic acids is 1. The molecule has 0 fully saturated rings. The fourth-order valence-electron chi connectivity index (χ4n) is 1.81. The van der Waals surface area contributed by atoms with Gasteiger partial charge in [0.15, 0.2) is 0 Å². The highest BCUT2D eigenvalue weighted by Gasteiger charge is 2.17. The third-order valence-corrected chi connectivity index (χ3v) is 3.12. The number of carbonyl (C=O) groups is 1. The Morgan fingerprint density at radius 2 is 1.85 bits per heavy atom. The number of hydrogen-bond donors (Lipinski definition) is 1. The molecule has 0 unspecified atom stereocenters. The first-order valence-electron chi connectivity index (χ1n) is 6.75. The predicted molar refractivity (Wildman–Crippen MR) is 82.4 cm³/mol. The van der Waals surface area contributed by atoms with E-state index in [1.807, 2.05) is 25.9 Å². The maximum Gasteiger partial charge on any atom is 0.241 e. The van der Waals surface area contributed by atoms with Crippen molar-refractivity contribution in [2.24, 2.45) is 0 Å². The quantitative estimate of drug-likeness (QED) is 0.884. The normalized spacial score (nSPS) is 10.6. The van der Waals surface area contributed by atoms with Gasteiger partial charge in [-0.15, -0.1) is 0 Å². The summed E-state index contributed by atoms with van der Waals surface area (Å²) in [5.74, 6) is 2.66. The number of hydrogen-bond acceptors (Lipinski definition) is 5. The Morgan fingerprint density at radius 3 is 2.30 bits per heavy atom. The van der Waals surface area contributed by atoms with Crippen LogP contribution in [-0.4, -0.2) is 55.5 Å². The molecule has 20 heavy (non-hydrogen) atoms. The Hall–Kier alpha value is -1.85. The molecule has 1 aromatic rings. The van der Waals surface area contributed by atoms with Crippen molar-refractivity contribution in [2.45, 2.75) is 26.7 Å². The van der Waals surface area contributed by atoms with E-state index in [0.717, 1.165) is 23.0 Å². The fourth-order valence-corrected chi connectivity index (χ4v) is 1.81. The highest BCUT2D eigenvalue weighted by Crippen LogP contribution is 2.25. The molecule has 1 rings (SSSR count). The van der Waals surface area contributed by atoms with Crippen molar-refractivity contribution < 1.29 is 4.79 Å². The molecule has 0 aliphatic carbocycles. The number of anilines is 2. The van der Waals surface area contributed by atoms with E-state index in [1.54, 1.807) is 19.0 Å². The van der Waals surface area contributed by atoms with E-state index < -0.39 is 0 Å². The zero-order chi connectivity index (χ0) is 15.4. The molecule has 0 aliphatic heterocycles. The van der Waals surface area contributed by atoms with Crippen LogP contribution in [0.15, 0.2) is 0 Å². The van der Waals surface area contributed by atoms with Crippen molar-refractivity contribution in [1.29, 1.82) is 0 Å². The zero-order valence-electron chi connectivity index (χ0n) is 13.5. The van der Waals surface area contributed by atoms with E-state index in [9.17, 15) is 4.79 Å². The number of aromatic nitrogens is 2. The average molecular weight is 279 g/mol. The van der Waals surface area contributed by atoms with Gasteiger partial charge < -0.3 is 15.1 Å². The van der Waals surface area contributed by atoms with Crippen LogP contribution in [0.25, 0.3) is 0 Å². The van der Waals surface area contributed by atoms with Crippen LogP contribution in [0.1, 0.15) is 31.2 Å². The highest BCUT2D eigenvalue weighted by atomic mass is 16.2. The van der Waals surface area contributed by atoms with E-state index in [2.05, 4.69) is 29.1 Å². The monoisotopic (exact) mass is 279 g/mol. The lowest BCUT2D eigenvalue weighted by Crippen LogP contribution is -2.35. The SMILES string of the molecule is CNc1nc(C(C)C)nc(N(C)CC(=O)N(C)C)c1C. The summed E-state index contributed by atoms with van der Waals surface area (Å²) in [6.07, 6.45) is 0. The topological polar surface area (TPSA) is 61.4 Å². The van der Waals surface area contributed by atoms with Gasteiger partial charge in [-0.3, -0.25) is 4.79 Å². The van der Waals surface area contributed by atoms with Gasteiger partial charge in [0, 0.05) is 39.7 Å². The van der Waals surface area contributed by atoms with Gasteiger partial charge in [0.1, 0.15) is 17.5 Å². The van der Waals surface area contributed by atoms with Crippen LogP contribution in [0.5, 0.6) is 0 Å². The van der Waals surface area contributed by atoms with Gasteiger partial charge >= 0.3 is 0 Å². The summed E-state index contributed by atoms with van der Waals surface area (Å²) in [5, 5.41) is 3.09. The summed E-state index contributed by atoms with van der Waals surface area (Å²) in [4.78, 5) is 24.4. The first-order chi connectivity index (χ1) is 9.27. The predicted octanol–water partition coefficient (Wildman–Crippen LogP) is 1.47. The molecule has 0 bridgehead atoms. The second kappa shape index (κ2) is 6.54. The van der Waals surface area contributed by atoms with E-state index in [-0.39, 0.29) is 11.8 Å². The van der Waals surface area contributed by atoms with Crippen LogP contribution >= 0.6 is 0 Å². The van der Waals surface area contributed by atoms with Crippen LogP contribution in [0, 0.1) is 6.92 Å². The summed E-state index contributed by atoms with van der Waals surface area (Å²) in [7, 11) is 7.22. The molecule has 0 spiro atoms. The second-order valence-electron chi connectivity index (χ2n) is 5.43. The Labute approximate surface area is 121 Å². The van der Waals surface area contributed by atoms with Crippen molar-refractivity contribution in [2.75, 3.05) is 45.0 Å². The van der Waals surface area contributed by atoms with Gasteiger partial charge in [-0.2, -0.15) is 0 Å². The summed E-state index contributed by atoms with van der Waals surface area (Å²) >= 11 is 0. The van der Waals surface area contributed by atoms with Gasteiger partial charge in [0.05, 0.1) is 6.54 Å². The van der Waals surface area contributed by atoms with Gasteiger partial charge in [0.25, 0.3) is 0 Å². The minimum atomic E-state index is 0.0441. The molecule has 0 aliphatic rings. The molecule has 0 saturated carbocycles. The summed E-state index contributed by atoms with van der Waals surface area (Å²) < 4.78 is 0. The van der Waals surface area contributed by atoms with E-state index in [4.69, 9.17) is 0 Å². The van der Waals surface area contributed by atoms with Crippen LogP contribution in [0.3, 0.4) is 0 Å². The van der Waals surface area contributed by atoms with Crippen LogP contribution in [0.2, 0.25) is 0 Å². The third-order valence-electron chi connectivity index (χ3n) is 3.12. The van der Waals surface area contributed by atoms with Gasteiger partial charge in [-0.1, -0.05) is 13.8 Å². The standard InChI is InChI=1S/C14H25N5O/c1-9(2)12-16-13(15-4)10(3)14(17-12)19(7)8-11(20)18(5)6/h9H,8H2,1-7H3,(H,15,16,17). The molecule has 1 heterocycles. The molecular weight excluding hydrogens is 254 g/mol. The maximum atomic E-state index is 11.8. The molecule has 1 amide bonds. The first kappa shape index (κ1) is 16.2. The van der Waals surface area contributed by atoms with E-state index in [0.29, 0.717) is 6.54 Å². The molecule has 0 atom stereocenters. The third kappa shape index (κ3) is 3.59. The fraction of sp³-hybridized carbons (Fsp3) is 0.643.